The van der Waals surface area contributed by atoms with Crippen LogP contribution in [-0.2, 0) is 6.54 Å². The fourth-order valence-electron chi connectivity index (χ4n) is 2.64. The van der Waals surface area contributed by atoms with Gasteiger partial charge in [0, 0.05) is 35.3 Å². The number of rotatable bonds is 7. The van der Waals surface area contributed by atoms with E-state index in [0.29, 0.717) is 5.92 Å². The van der Waals surface area contributed by atoms with E-state index in [4.69, 9.17) is 0 Å². The third kappa shape index (κ3) is 3.72. The average Bonchev–Trinajstić information content (AvgIpc) is 3.22. The molecule has 1 aliphatic carbocycles. The molecule has 1 unspecified atom stereocenters. The molecule has 3 heteroatoms. The zero-order chi connectivity index (χ0) is 13.8. The molecule has 0 spiro atoms. The SMILES string of the molecule is BrCC(CN(Cc1cccs1)C1CC1)c1ccccc1. The van der Waals surface area contributed by atoms with E-state index in [1.54, 1.807) is 0 Å². The van der Waals surface area contributed by atoms with Gasteiger partial charge < -0.3 is 0 Å². The fourth-order valence-corrected chi connectivity index (χ4v) is 3.94. The van der Waals surface area contributed by atoms with Gasteiger partial charge in [-0.25, -0.2) is 0 Å². The van der Waals surface area contributed by atoms with Crippen LogP contribution in [0.3, 0.4) is 0 Å². The largest absolute Gasteiger partial charge is 0.295 e. The summed E-state index contributed by atoms with van der Waals surface area (Å²) in [7, 11) is 0. The maximum absolute atomic E-state index is 3.70. The lowest BCUT2D eigenvalue weighted by Crippen LogP contribution is -2.30. The standard InChI is InChI=1S/C17H20BrNS/c18-11-15(14-5-2-1-3-6-14)12-19(16-8-9-16)13-17-7-4-10-20-17/h1-7,10,15-16H,8-9,11-13H2. The molecule has 0 bridgehead atoms. The lowest BCUT2D eigenvalue weighted by Gasteiger charge is -2.26. The third-order valence-electron chi connectivity index (χ3n) is 3.91. The highest BCUT2D eigenvalue weighted by molar-refractivity contribution is 9.09. The molecule has 1 heterocycles. The molecule has 0 amide bonds. The van der Waals surface area contributed by atoms with Gasteiger partial charge in [0.1, 0.15) is 0 Å². The van der Waals surface area contributed by atoms with Gasteiger partial charge in [-0.3, -0.25) is 4.90 Å². The number of benzene rings is 1. The summed E-state index contributed by atoms with van der Waals surface area (Å²) in [4.78, 5) is 4.16. The summed E-state index contributed by atoms with van der Waals surface area (Å²) >= 11 is 5.58. The Morgan fingerprint density at radius 3 is 2.55 bits per heavy atom. The number of hydrogen-bond donors (Lipinski definition) is 0. The van der Waals surface area contributed by atoms with E-state index in [2.05, 4.69) is 68.7 Å². The van der Waals surface area contributed by atoms with E-state index in [1.807, 2.05) is 11.3 Å². The van der Waals surface area contributed by atoms with Gasteiger partial charge in [-0.2, -0.15) is 0 Å². The first-order valence-electron chi connectivity index (χ1n) is 7.24. The van der Waals surface area contributed by atoms with Gasteiger partial charge >= 0.3 is 0 Å². The van der Waals surface area contributed by atoms with Crippen molar-refractivity contribution in [3.05, 3.63) is 58.3 Å². The molecule has 0 saturated heterocycles. The Balaban J connectivity index is 1.68. The summed E-state index contributed by atoms with van der Waals surface area (Å²) in [5.41, 5.74) is 1.45. The molecule has 1 saturated carbocycles. The van der Waals surface area contributed by atoms with Crippen LogP contribution in [0.15, 0.2) is 47.8 Å². The Kier molecular flexibility index (Phi) is 4.92. The summed E-state index contributed by atoms with van der Waals surface area (Å²) in [6, 6.07) is 16.1. The van der Waals surface area contributed by atoms with Crippen LogP contribution in [0, 0.1) is 0 Å². The molecule has 0 N–H and O–H groups in total. The quantitative estimate of drug-likeness (QED) is 0.643. The van der Waals surface area contributed by atoms with Gasteiger partial charge in [0.05, 0.1) is 0 Å². The summed E-state index contributed by atoms with van der Waals surface area (Å²) < 4.78 is 0. The summed E-state index contributed by atoms with van der Waals surface area (Å²) in [5.74, 6) is 0.580. The van der Waals surface area contributed by atoms with Crippen molar-refractivity contribution in [3.8, 4) is 0 Å². The number of alkyl halides is 1. The average molecular weight is 350 g/mol. The van der Waals surface area contributed by atoms with Crippen LogP contribution in [0.4, 0.5) is 0 Å². The molecule has 1 aromatic heterocycles. The van der Waals surface area contributed by atoms with Gasteiger partial charge in [-0.1, -0.05) is 52.3 Å². The van der Waals surface area contributed by atoms with E-state index in [-0.39, 0.29) is 0 Å². The van der Waals surface area contributed by atoms with Crippen LogP contribution in [0.1, 0.15) is 29.2 Å². The summed E-state index contributed by atoms with van der Waals surface area (Å²) in [5, 5.41) is 3.21. The predicted octanol–water partition coefficient (Wildman–Crippen LogP) is 4.89. The molecule has 1 aliphatic rings. The topological polar surface area (TPSA) is 3.24 Å². The molecule has 1 aromatic carbocycles. The highest BCUT2D eigenvalue weighted by Gasteiger charge is 2.30. The zero-order valence-corrected chi connectivity index (χ0v) is 13.9. The van der Waals surface area contributed by atoms with Crippen molar-refractivity contribution >= 4 is 27.3 Å². The lowest BCUT2D eigenvalue weighted by atomic mass is 10.0. The molecule has 1 nitrogen and oxygen atoms in total. The minimum atomic E-state index is 0.580. The highest BCUT2D eigenvalue weighted by atomic mass is 79.9. The van der Waals surface area contributed by atoms with E-state index < -0.39 is 0 Å². The summed E-state index contributed by atoms with van der Waals surface area (Å²) in [6.45, 7) is 2.26. The number of hydrogen-bond acceptors (Lipinski definition) is 2. The second kappa shape index (κ2) is 6.88. The molecular weight excluding hydrogens is 330 g/mol. The Morgan fingerprint density at radius 2 is 1.95 bits per heavy atom. The number of thiophene rings is 1. The minimum Gasteiger partial charge on any atom is -0.295 e. The first-order chi connectivity index (χ1) is 9.86. The van der Waals surface area contributed by atoms with Crippen molar-refractivity contribution in [2.45, 2.75) is 31.3 Å². The molecule has 3 rings (SSSR count). The van der Waals surface area contributed by atoms with Crippen LogP contribution >= 0.6 is 27.3 Å². The van der Waals surface area contributed by atoms with Gasteiger partial charge in [-0.05, 0) is 29.9 Å². The predicted molar refractivity (Wildman–Crippen MR) is 90.7 cm³/mol. The molecule has 20 heavy (non-hydrogen) atoms. The van der Waals surface area contributed by atoms with E-state index in [9.17, 15) is 0 Å². The Hall–Kier alpha value is -0.640. The molecule has 0 aliphatic heterocycles. The second-order valence-corrected chi connectivity index (χ2v) is 7.18. The monoisotopic (exact) mass is 349 g/mol. The van der Waals surface area contributed by atoms with E-state index in [1.165, 1.54) is 23.3 Å². The Bertz CT molecular complexity index is 507. The Labute approximate surface area is 133 Å². The molecule has 106 valence electrons. The van der Waals surface area contributed by atoms with Crippen molar-refractivity contribution in [1.82, 2.24) is 4.90 Å². The lowest BCUT2D eigenvalue weighted by molar-refractivity contribution is 0.245. The van der Waals surface area contributed by atoms with Crippen LogP contribution in [-0.4, -0.2) is 22.8 Å². The molecule has 0 radical (unpaired) electrons. The maximum atomic E-state index is 3.70. The van der Waals surface area contributed by atoms with Crippen LogP contribution in [0.25, 0.3) is 0 Å². The van der Waals surface area contributed by atoms with Crippen molar-refractivity contribution in [3.63, 3.8) is 0 Å². The maximum Gasteiger partial charge on any atom is 0.0331 e. The van der Waals surface area contributed by atoms with Crippen molar-refractivity contribution in [1.29, 1.82) is 0 Å². The molecule has 2 aromatic rings. The van der Waals surface area contributed by atoms with E-state index in [0.717, 1.165) is 24.5 Å². The van der Waals surface area contributed by atoms with E-state index >= 15 is 0 Å². The Morgan fingerprint density at radius 1 is 1.15 bits per heavy atom. The molecular formula is C17H20BrNS. The first kappa shape index (κ1) is 14.3. The minimum absolute atomic E-state index is 0.580. The zero-order valence-electron chi connectivity index (χ0n) is 11.5. The third-order valence-corrected chi connectivity index (χ3v) is 5.56. The van der Waals surface area contributed by atoms with Gasteiger partial charge in [0.25, 0.3) is 0 Å². The van der Waals surface area contributed by atoms with Gasteiger partial charge in [-0.15, -0.1) is 11.3 Å². The second-order valence-electron chi connectivity index (χ2n) is 5.50. The highest BCUT2D eigenvalue weighted by Crippen LogP contribution is 2.32. The molecule has 1 fully saturated rings. The fraction of sp³-hybridized carbons (Fsp3) is 0.412. The van der Waals surface area contributed by atoms with Crippen molar-refractivity contribution < 1.29 is 0 Å². The smallest absolute Gasteiger partial charge is 0.0331 e. The van der Waals surface area contributed by atoms with Crippen LogP contribution in [0.5, 0.6) is 0 Å². The normalized spacial score (nSPS) is 16.5. The van der Waals surface area contributed by atoms with Crippen molar-refractivity contribution in [2.75, 3.05) is 11.9 Å². The van der Waals surface area contributed by atoms with Gasteiger partial charge in [0.15, 0.2) is 0 Å². The van der Waals surface area contributed by atoms with Gasteiger partial charge in [0.2, 0.25) is 0 Å². The van der Waals surface area contributed by atoms with Crippen LogP contribution < -0.4 is 0 Å². The van der Waals surface area contributed by atoms with Crippen LogP contribution in [0.2, 0.25) is 0 Å². The summed E-state index contributed by atoms with van der Waals surface area (Å²) in [6.07, 6.45) is 2.74. The number of nitrogens with zero attached hydrogens (tertiary/aromatic N) is 1. The van der Waals surface area contributed by atoms with Crippen molar-refractivity contribution in [2.24, 2.45) is 0 Å². The molecule has 1 atom stereocenters. The first-order valence-corrected chi connectivity index (χ1v) is 9.24. The number of halogens is 1.